The third-order valence-corrected chi connectivity index (χ3v) is 10.0. The number of allylic oxidation sites excluding steroid dienone is 24. The highest BCUT2D eigenvalue weighted by Crippen LogP contribution is 2.12. The number of esters is 3. The van der Waals surface area contributed by atoms with Crippen molar-refractivity contribution in [2.24, 2.45) is 0 Å². The van der Waals surface area contributed by atoms with Crippen LogP contribution in [0.1, 0.15) is 188 Å². The molecule has 0 aromatic heterocycles. The predicted octanol–water partition coefficient (Wildman–Crippen LogP) is 16.9. The third-order valence-electron chi connectivity index (χ3n) is 10.0. The molecule has 0 aliphatic heterocycles. The van der Waals surface area contributed by atoms with Gasteiger partial charge < -0.3 is 14.2 Å². The summed E-state index contributed by atoms with van der Waals surface area (Å²) in [7, 11) is 0. The van der Waals surface area contributed by atoms with Gasteiger partial charge in [0.25, 0.3) is 0 Å². The van der Waals surface area contributed by atoms with Gasteiger partial charge in [0.1, 0.15) is 13.2 Å². The molecule has 1 atom stereocenters. The predicted molar refractivity (Wildman–Crippen MR) is 279 cm³/mol. The van der Waals surface area contributed by atoms with Crippen molar-refractivity contribution in [2.45, 2.75) is 194 Å². The van der Waals surface area contributed by atoms with E-state index >= 15 is 0 Å². The minimum Gasteiger partial charge on any atom is -0.462 e. The van der Waals surface area contributed by atoms with Crippen LogP contribution in [-0.2, 0) is 28.6 Å². The highest BCUT2D eigenvalue weighted by atomic mass is 16.6. The number of ether oxygens (including phenoxy) is 3. The summed E-state index contributed by atoms with van der Waals surface area (Å²) in [6, 6.07) is 0. The monoisotopic (exact) mass is 895 g/mol. The largest absolute Gasteiger partial charge is 0.462 e. The maximum atomic E-state index is 12.8. The summed E-state index contributed by atoms with van der Waals surface area (Å²) in [6.45, 7) is 6.31. The van der Waals surface area contributed by atoms with Crippen LogP contribution in [-0.4, -0.2) is 37.2 Å². The van der Waals surface area contributed by atoms with Gasteiger partial charge in [-0.05, 0) is 77.0 Å². The van der Waals surface area contributed by atoms with E-state index in [2.05, 4.69) is 93.7 Å². The highest BCUT2D eigenvalue weighted by Gasteiger charge is 2.19. The zero-order valence-corrected chi connectivity index (χ0v) is 41.2. The van der Waals surface area contributed by atoms with Crippen LogP contribution in [0.3, 0.4) is 0 Å². The molecule has 0 fully saturated rings. The van der Waals surface area contributed by atoms with Crippen LogP contribution >= 0.6 is 0 Å². The highest BCUT2D eigenvalue weighted by molar-refractivity contribution is 5.71. The lowest BCUT2D eigenvalue weighted by Gasteiger charge is -2.18. The fraction of sp³-hybridized carbons (Fsp3) is 0.542. The van der Waals surface area contributed by atoms with Crippen molar-refractivity contribution in [2.75, 3.05) is 13.2 Å². The van der Waals surface area contributed by atoms with E-state index in [1.165, 1.54) is 25.7 Å². The second-order valence-electron chi connectivity index (χ2n) is 16.3. The summed E-state index contributed by atoms with van der Waals surface area (Å²) in [6.07, 6.45) is 73.9. The quantitative estimate of drug-likeness (QED) is 0.0263. The Labute approximate surface area is 397 Å². The number of carbonyl (C=O) groups excluding carboxylic acids is 3. The molecule has 0 amide bonds. The number of hydrogen-bond acceptors (Lipinski definition) is 6. The van der Waals surface area contributed by atoms with Crippen molar-refractivity contribution in [3.8, 4) is 0 Å². The normalized spacial score (nSPS) is 13.3. The van der Waals surface area contributed by atoms with Crippen molar-refractivity contribution in [3.05, 3.63) is 146 Å². The molecule has 0 spiro atoms. The average molecular weight is 895 g/mol. The first-order valence-corrected chi connectivity index (χ1v) is 25.5. The topological polar surface area (TPSA) is 78.9 Å². The number of hydrogen-bond donors (Lipinski definition) is 0. The minimum absolute atomic E-state index is 0.118. The van der Waals surface area contributed by atoms with E-state index in [0.29, 0.717) is 12.8 Å². The smallest absolute Gasteiger partial charge is 0.306 e. The van der Waals surface area contributed by atoms with Crippen molar-refractivity contribution >= 4 is 17.9 Å². The summed E-state index contributed by atoms with van der Waals surface area (Å²) in [5.74, 6) is -1.01. The van der Waals surface area contributed by atoms with Crippen LogP contribution in [0.25, 0.3) is 0 Å². The summed E-state index contributed by atoms with van der Waals surface area (Å²) in [4.78, 5) is 38.0. The Morgan fingerprint density at radius 1 is 0.308 bits per heavy atom. The van der Waals surface area contributed by atoms with Crippen LogP contribution in [0.4, 0.5) is 0 Å². The van der Waals surface area contributed by atoms with Gasteiger partial charge in [0, 0.05) is 19.3 Å². The Hall–Kier alpha value is -4.71. The number of unbranched alkanes of at least 4 members (excludes halogenated alkanes) is 17. The van der Waals surface area contributed by atoms with E-state index in [0.717, 1.165) is 122 Å². The van der Waals surface area contributed by atoms with E-state index in [9.17, 15) is 14.4 Å². The molecule has 0 bridgehead atoms. The lowest BCUT2D eigenvalue weighted by molar-refractivity contribution is -0.167. The van der Waals surface area contributed by atoms with Crippen LogP contribution in [0.5, 0.6) is 0 Å². The fourth-order valence-corrected chi connectivity index (χ4v) is 6.18. The lowest BCUT2D eigenvalue weighted by Crippen LogP contribution is -2.30. The molecule has 0 N–H and O–H groups in total. The first-order valence-electron chi connectivity index (χ1n) is 25.5. The summed E-state index contributed by atoms with van der Waals surface area (Å²) >= 11 is 0. The Balaban J connectivity index is 4.55. The van der Waals surface area contributed by atoms with E-state index in [1.807, 2.05) is 72.9 Å². The maximum absolute atomic E-state index is 12.8. The van der Waals surface area contributed by atoms with Crippen molar-refractivity contribution in [1.82, 2.24) is 0 Å². The maximum Gasteiger partial charge on any atom is 0.306 e. The molecule has 0 rings (SSSR count). The molecule has 6 heteroatoms. The van der Waals surface area contributed by atoms with Gasteiger partial charge in [0.15, 0.2) is 6.10 Å². The van der Waals surface area contributed by atoms with Crippen molar-refractivity contribution < 1.29 is 28.6 Å². The second-order valence-corrected chi connectivity index (χ2v) is 16.3. The fourth-order valence-electron chi connectivity index (χ4n) is 6.18. The molecule has 0 aliphatic rings. The molecule has 0 aliphatic carbocycles. The number of carbonyl (C=O) groups is 3. The molecule has 0 aromatic rings. The first-order chi connectivity index (χ1) is 32.0. The molecular formula is C59H90O6. The summed E-state index contributed by atoms with van der Waals surface area (Å²) in [5.41, 5.74) is 0. The molecule has 362 valence electrons. The standard InChI is InChI=1S/C59H90O6/c1-4-7-10-13-16-19-22-24-26-28-30-32-34-37-40-43-46-49-52-58(61)64-55-56(54-63-57(60)51-48-45-42-39-36-21-18-15-12-9-6-3)65-59(62)53-50-47-44-41-38-35-33-31-29-27-25-23-20-17-14-11-8-5-2/h10-11,13-33,36,56H,4-9,12,34-35,37-55H2,1-3H3/b13-10-,14-11-,18-15-,19-16-,20-17-,24-22-,25-23-,28-26-,29-27-,32-30-,33-31-,36-21-. The zero-order valence-electron chi connectivity index (χ0n) is 41.2. The van der Waals surface area contributed by atoms with Crippen molar-refractivity contribution in [3.63, 3.8) is 0 Å². The van der Waals surface area contributed by atoms with E-state index in [4.69, 9.17) is 14.2 Å². The first kappa shape index (κ1) is 60.3. The Kier molecular flexibility index (Phi) is 48.2. The molecule has 0 saturated carbocycles. The van der Waals surface area contributed by atoms with Gasteiger partial charge in [-0.2, -0.15) is 0 Å². The summed E-state index contributed by atoms with van der Waals surface area (Å²) < 4.78 is 16.7. The van der Waals surface area contributed by atoms with Gasteiger partial charge in [0.05, 0.1) is 0 Å². The molecule has 0 saturated heterocycles. The third kappa shape index (κ3) is 50.2. The van der Waals surface area contributed by atoms with E-state index < -0.39 is 6.10 Å². The van der Waals surface area contributed by atoms with Crippen molar-refractivity contribution in [1.29, 1.82) is 0 Å². The average Bonchev–Trinajstić information content (AvgIpc) is 3.30. The van der Waals surface area contributed by atoms with Crippen LogP contribution in [0.2, 0.25) is 0 Å². The van der Waals surface area contributed by atoms with Gasteiger partial charge in [-0.15, -0.1) is 0 Å². The summed E-state index contributed by atoms with van der Waals surface area (Å²) in [5, 5.41) is 0. The van der Waals surface area contributed by atoms with E-state index in [1.54, 1.807) is 0 Å². The second kappa shape index (κ2) is 51.9. The molecule has 6 nitrogen and oxygen atoms in total. The Bertz CT molecular complexity index is 1490. The zero-order chi connectivity index (χ0) is 47.2. The van der Waals surface area contributed by atoms with Crippen LogP contribution in [0, 0.1) is 0 Å². The molecule has 0 heterocycles. The molecule has 0 aromatic carbocycles. The Morgan fingerprint density at radius 3 is 0.954 bits per heavy atom. The molecule has 0 radical (unpaired) electrons. The van der Waals surface area contributed by atoms with Gasteiger partial charge in [0.2, 0.25) is 0 Å². The lowest BCUT2D eigenvalue weighted by atomic mass is 10.1. The SMILES string of the molecule is CCC\C=C/C=C\C=C/C=C\C=C/CCCCCCCC(=O)OCC(COC(=O)CCCCC/C=C\C=C/CCCC)OC(=O)CCCCCCC\C=C/C=C\C=C/C=C\C=C/CCC. The van der Waals surface area contributed by atoms with Gasteiger partial charge in [-0.1, -0.05) is 237 Å². The van der Waals surface area contributed by atoms with Gasteiger partial charge >= 0.3 is 17.9 Å². The molecular weight excluding hydrogens is 805 g/mol. The van der Waals surface area contributed by atoms with Gasteiger partial charge in [-0.3, -0.25) is 14.4 Å². The molecule has 65 heavy (non-hydrogen) atoms. The molecule has 1 unspecified atom stereocenters. The van der Waals surface area contributed by atoms with Gasteiger partial charge in [-0.25, -0.2) is 0 Å². The van der Waals surface area contributed by atoms with Crippen LogP contribution < -0.4 is 0 Å². The Morgan fingerprint density at radius 2 is 0.585 bits per heavy atom. The minimum atomic E-state index is -0.820. The number of rotatable bonds is 43. The van der Waals surface area contributed by atoms with Crippen LogP contribution in [0.15, 0.2) is 146 Å². The van der Waals surface area contributed by atoms with E-state index in [-0.39, 0.29) is 37.5 Å².